The smallest absolute Gasteiger partial charge is 0.163 e. The van der Waals surface area contributed by atoms with Crippen LogP contribution >= 0.6 is 0 Å². The highest BCUT2D eigenvalue weighted by atomic mass is 16.5. The molecule has 0 aliphatic heterocycles. The molecule has 0 fully saturated rings. The molecular weight excluding hydrogens is 260 g/mol. The predicted molar refractivity (Wildman–Crippen MR) is 88.9 cm³/mol. The van der Waals surface area contributed by atoms with Gasteiger partial charge in [0.15, 0.2) is 5.78 Å². The minimum Gasteiger partial charge on any atom is -0.497 e. The highest BCUT2D eigenvalue weighted by Crippen LogP contribution is 2.31. The highest BCUT2D eigenvalue weighted by molar-refractivity contribution is 5.96. The number of methoxy groups -OCH3 is 1. The summed E-state index contributed by atoms with van der Waals surface area (Å²) in [6.07, 6.45) is 6.51. The van der Waals surface area contributed by atoms with Crippen LogP contribution in [0.25, 0.3) is 0 Å². The van der Waals surface area contributed by atoms with Crippen LogP contribution in [0, 0.1) is 5.41 Å². The number of benzene rings is 1. The number of Topliss-reactive ketones (excluding diaryl/α,β-unsaturated/α-hetero) is 1. The first-order valence-corrected chi connectivity index (χ1v) is 7.34. The van der Waals surface area contributed by atoms with E-state index in [0.717, 1.165) is 24.2 Å². The largest absolute Gasteiger partial charge is 0.497 e. The van der Waals surface area contributed by atoms with Gasteiger partial charge in [0.1, 0.15) is 5.75 Å². The maximum Gasteiger partial charge on any atom is 0.163 e. The molecule has 1 aromatic carbocycles. The van der Waals surface area contributed by atoms with E-state index in [-0.39, 0.29) is 11.2 Å². The van der Waals surface area contributed by atoms with Crippen LogP contribution in [0.4, 0.5) is 0 Å². The van der Waals surface area contributed by atoms with E-state index in [9.17, 15) is 4.79 Å². The molecule has 114 valence electrons. The number of hydrogen-bond donors (Lipinski definition) is 0. The number of rotatable bonds is 8. The molecule has 0 aliphatic carbocycles. The van der Waals surface area contributed by atoms with Crippen molar-refractivity contribution in [3.8, 4) is 5.75 Å². The predicted octanol–water partition coefficient (Wildman–Crippen LogP) is 5.21. The van der Waals surface area contributed by atoms with E-state index in [1.54, 1.807) is 7.11 Å². The van der Waals surface area contributed by atoms with Crippen molar-refractivity contribution >= 4 is 5.78 Å². The van der Waals surface area contributed by atoms with E-state index in [1.807, 2.05) is 30.3 Å². The van der Waals surface area contributed by atoms with Crippen LogP contribution in [-0.4, -0.2) is 12.9 Å². The second-order valence-electron chi connectivity index (χ2n) is 6.01. The molecule has 0 saturated carbocycles. The Morgan fingerprint density at radius 3 is 2.38 bits per heavy atom. The number of hydrogen-bond acceptors (Lipinski definition) is 2. The molecule has 0 bridgehead atoms. The summed E-state index contributed by atoms with van der Waals surface area (Å²) >= 11 is 0. The van der Waals surface area contributed by atoms with Crippen LogP contribution < -0.4 is 4.74 Å². The molecule has 1 aromatic rings. The Bertz CT molecular complexity index is 507. The van der Waals surface area contributed by atoms with Gasteiger partial charge < -0.3 is 4.74 Å². The Kier molecular flexibility index (Phi) is 6.41. The van der Waals surface area contributed by atoms with E-state index in [0.29, 0.717) is 6.42 Å². The van der Waals surface area contributed by atoms with Gasteiger partial charge in [0.25, 0.3) is 0 Å². The number of ether oxygens (including phenoxy) is 1. The van der Waals surface area contributed by atoms with Crippen molar-refractivity contribution in [3.63, 3.8) is 0 Å². The zero-order valence-corrected chi connectivity index (χ0v) is 13.6. The van der Waals surface area contributed by atoms with Crippen LogP contribution in [0.1, 0.15) is 50.4 Å². The van der Waals surface area contributed by atoms with Gasteiger partial charge in [0.05, 0.1) is 7.11 Å². The third-order valence-electron chi connectivity index (χ3n) is 3.74. The van der Waals surface area contributed by atoms with Crippen molar-refractivity contribution < 1.29 is 9.53 Å². The molecule has 1 rings (SSSR count). The fourth-order valence-electron chi connectivity index (χ4n) is 2.20. The summed E-state index contributed by atoms with van der Waals surface area (Å²) in [7, 11) is 1.62. The first-order chi connectivity index (χ1) is 9.90. The molecule has 0 saturated heterocycles. The van der Waals surface area contributed by atoms with Crippen molar-refractivity contribution in [1.29, 1.82) is 0 Å². The molecule has 0 spiro atoms. The molecule has 1 atom stereocenters. The van der Waals surface area contributed by atoms with E-state index in [2.05, 4.69) is 33.4 Å². The summed E-state index contributed by atoms with van der Waals surface area (Å²) < 4.78 is 5.11. The lowest BCUT2D eigenvalue weighted by Gasteiger charge is -2.24. The average Bonchev–Trinajstić information content (AvgIpc) is 2.46. The fraction of sp³-hybridized carbons (Fsp3) is 0.421. The second kappa shape index (κ2) is 7.82. The van der Waals surface area contributed by atoms with Gasteiger partial charge in [-0.05, 0) is 56.4 Å². The molecule has 0 amide bonds. The van der Waals surface area contributed by atoms with Gasteiger partial charge in [-0.2, -0.15) is 0 Å². The Labute approximate surface area is 128 Å². The Balaban J connectivity index is 2.72. The topological polar surface area (TPSA) is 26.3 Å². The molecule has 0 aliphatic rings. The summed E-state index contributed by atoms with van der Waals surface area (Å²) in [5, 5.41) is 0. The molecular formula is C19H26O2. The quantitative estimate of drug-likeness (QED) is 0.484. The second-order valence-corrected chi connectivity index (χ2v) is 6.01. The number of ketones is 1. The third kappa shape index (κ3) is 5.58. The van der Waals surface area contributed by atoms with Crippen LogP contribution in [-0.2, 0) is 0 Å². The molecule has 0 heterocycles. The summed E-state index contributed by atoms with van der Waals surface area (Å²) in [6, 6.07) is 7.28. The zero-order valence-electron chi connectivity index (χ0n) is 13.6. The normalized spacial score (nSPS) is 13.1. The summed E-state index contributed by atoms with van der Waals surface area (Å²) in [4.78, 5) is 12.4. The molecule has 0 aromatic heterocycles. The van der Waals surface area contributed by atoms with Gasteiger partial charge in [-0.15, -0.1) is 6.58 Å². The average molecular weight is 286 g/mol. The number of allylic oxidation sites excluding steroid dienone is 3. The lowest BCUT2D eigenvalue weighted by Crippen LogP contribution is -2.18. The van der Waals surface area contributed by atoms with Gasteiger partial charge in [-0.25, -0.2) is 0 Å². The number of carbonyl (C=O) groups is 1. The fourth-order valence-corrected chi connectivity index (χ4v) is 2.20. The lowest BCUT2D eigenvalue weighted by molar-refractivity contribution is 0.0940. The third-order valence-corrected chi connectivity index (χ3v) is 3.74. The molecule has 1 unspecified atom stereocenters. The maximum absolute atomic E-state index is 12.4. The van der Waals surface area contributed by atoms with Crippen molar-refractivity contribution in [1.82, 2.24) is 0 Å². The first-order valence-electron chi connectivity index (χ1n) is 7.34. The van der Waals surface area contributed by atoms with Gasteiger partial charge >= 0.3 is 0 Å². The van der Waals surface area contributed by atoms with Crippen molar-refractivity contribution in [2.45, 2.75) is 40.0 Å². The zero-order chi connectivity index (χ0) is 15.9. The van der Waals surface area contributed by atoms with Gasteiger partial charge in [0.2, 0.25) is 0 Å². The SMILES string of the molecule is C=CC(C)(CCC=C(C)C)CC(=O)c1ccc(OC)cc1. The van der Waals surface area contributed by atoms with E-state index in [1.165, 1.54) is 5.57 Å². The van der Waals surface area contributed by atoms with Crippen LogP contribution in [0.2, 0.25) is 0 Å². The summed E-state index contributed by atoms with van der Waals surface area (Å²) in [6.45, 7) is 10.2. The maximum atomic E-state index is 12.4. The minimum absolute atomic E-state index is 0.150. The van der Waals surface area contributed by atoms with Crippen molar-refractivity contribution in [3.05, 3.63) is 54.1 Å². The van der Waals surface area contributed by atoms with Gasteiger partial charge in [-0.3, -0.25) is 4.79 Å². The number of carbonyl (C=O) groups excluding carboxylic acids is 1. The standard InChI is InChI=1S/C19H26O2/c1-6-19(4,13-7-8-15(2)3)14-18(20)16-9-11-17(21-5)12-10-16/h6,8-12H,1,7,13-14H2,2-5H3. The Hall–Kier alpha value is -1.83. The molecule has 0 N–H and O–H groups in total. The monoisotopic (exact) mass is 286 g/mol. The van der Waals surface area contributed by atoms with Crippen LogP contribution in [0.3, 0.4) is 0 Å². The first kappa shape index (κ1) is 17.2. The Morgan fingerprint density at radius 1 is 1.29 bits per heavy atom. The minimum atomic E-state index is -0.164. The molecule has 2 heteroatoms. The van der Waals surface area contributed by atoms with E-state index in [4.69, 9.17) is 4.74 Å². The van der Waals surface area contributed by atoms with Crippen LogP contribution in [0.5, 0.6) is 5.75 Å². The van der Waals surface area contributed by atoms with Crippen LogP contribution in [0.15, 0.2) is 48.6 Å². The molecule has 0 radical (unpaired) electrons. The molecule has 2 nitrogen and oxygen atoms in total. The lowest BCUT2D eigenvalue weighted by atomic mass is 9.79. The highest BCUT2D eigenvalue weighted by Gasteiger charge is 2.24. The van der Waals surface area contributed by atoms with E-state index < -0.39 is 0 Å². The van der Waals surface area contributed by atoms with Crippen molar-refractivity contribution in [2.24, 2.45) is 5.41 Å². The van der Waals surface area contributed by atoms with Crippen molar-refractivity contribution in [2.75, 3.05) is 7.11 Å². The summed E-state index contributed by atoms with van der Waals surface area (Å²) in [5.74, 6) is 0.916. The molecule has 21 heavy (non-hydrogen) atoms. The summed E-state index contributed by atoms with van der Waals surface area (Å²) in [5.41, 5.74) is 1.87. The van der Waals surface area contributed by atoms with E-state index >= 15 is 0 Å². The Morgan fingerprint density at radius 2 is 1.90 bits per heavy atom. The van der Waals surface area contributed by atoms with Gasteiger partial charge in [-0.1, -0.05) is 24.6 Å². The van der Waals surface area contributed by atoms with Gasteiger partial charge in [0, 0.05) is 12.0 Å².